The summed E-state index contributed by atoms with van der Waals surface area (Å²) in [5, 5.41) is 0. The fourth-order valence-corrected chi connectivity index (χ4v) is 2.06. The van der Waals surface area contributed by atoms with Gasteiger partial charge in [0, 0.05) is 5.56 Å². The number of fused-ring (bicyclic) bond motifs is 1. The molecule has 0 atom stereocenters. The van der Waals surface area contributed by atoms with Gasteiger partial charge in [-0.15, -0.1) is 0 Å². The minimum atomic E-state index is -0.257. The summed E-state index contributed by atoms with van der Waals surface area (Å²) >= 11 is 0. The molecule has 82 valence electrons. The molecule has 1 aliphatic heterocycles. The van der Waals surface area contributed by atoms with E-state index >= 15 is 0 Å². The van der Waals surface area contributed by atoms with Crippen molar-refractivity contribution in [3.05, 3.63) is 22.8 Å². The summed E-state index contributed by atoms with van der Waals surface area (Å²) in [4.78, 5) is 9.03. The lowest BCUT2D eigenvalue weighted by Gasteiger charge is -2.18. The summed E-state index contributed by atoms with van der Waals surface area (Å²) in [5.41, 5.74) is 3.15. The predicted molar refractivity (Wildman–Crippen MR) is 58.7 cm³/mol. The Morgan fingerprint density at radius 3 is 2.53 bits per heavy atom. The Morgan fingerprint density at radius 1 is 1.27 bits per heavy atom. The SMILES string of the molecule is Cc1nc(C(C)C)c2c(n1)C(C)(C)OC2. The van der Waals surface area contributed by atoms with Gasteiger partial charge in [0.2, 0.25) is 0 Å². The van der Waals surface area contributed by atoms with Crippen LogP contribution >= 0.6 is 0 Å². The van der Waals surface area contributed by atoms with Gasteiger partial charge in [-0.2, -0.15) is 0 Å². The van der Waals surface area contributed by atoms with E-state index in [9.17, 15) is 0 Å². The summed E-state index contributed by atoms with van der Waals surface area (Å²) in [6, 6.07) is 0. The highest BCUT2D eigenvalue weighted by atomic mass is 16.5. The van der Waals surface area contributed by atoms with Crippen LogP contribution < -0.4 is 0 Å². The second-order valence-electron chi connectivity index (χ2n) is 4.94. The largest absolute Gasteiger partial charge is 0.364 e. The molecule has 1 aromatic rings. The molecule has 0 aliphatic carbocycles. The molecule has 0 unspecified atom stereocenters. The zero-order valence-electron chi connectivity index (χ0n) is 10.1. The monoisotopic (exact) mass is 206 g/mol. The summed E-state index contributed by atoms with van der Waals surface area (Å²) in [6.45, 7) is 11.0. The Morgan fingerprint density at radius 2 is 1.93 bits per heavy atom. The fourth-order valence-electron chi connectivity index (χ4n) is 2.06. The van der Waals surface area contributed by atoms with Crippen LogP contribution in [-0.4, -0.2) is 9.97 Å². The molecule has 2 rings (SSSR count). The molecule has 0 N–H and O–H groups in total. The first-order valence-electron chi connectivity index (χ1n) is 5.43. The van der Waals surface area contributed by atoms with Gasteiger partial charge in [0.1, 0.15) is 11.4 Å². The third-order valence-corrected chi connectivity index (χ3v) is 2.85. The van der Waals surface area contributed by atoms with E-state index in [0.717, 1.165) is 17.2 Å². The van der Waals surface area contributed by atoms with Crippen molar-refractivity contribution < 1.29 is 4.74 Å². The molecular weight excluding hydrogens is 188 g/mol. The Bertz CT molecular complexity index is 397. The Kier molecular flexibility index (Phi) is 2.30. The van der Waals surface area contributed by atoms with Gasteiger partial charge >= 0.3 is 0 Å². The molecule has 3 heteroatoms. The van der Waals surface area contributed by atoms with Gasteiger partial charge in [-0.25, -0.2) is 9.97 Å². The van der Waals surface area contributed by atoms with E-state index in [-0.39, 0.29) is 5.60 Å². The van der Waals surface area contributed by atoms with Gasteiger partial charge in [-0.3, -0.25) is 0 Å². The topological polar surface area (TPSA) is 35.0 Å². The Hall–Kier alpha value is -0.960. The molecule has 0 bridgehead atoms. The summed E-state index contributed by atoms with van der Waals surface area (Å²) < 4.78 is 5.75. The van der Waals surface area contributed by atoms with Crippen molar-refractivity contribution in [1.82, 2.24) is 9.97 Å². The van der Waals surface area contributed by atoms with Crippen molar-refractivity contribution in [2.75, 3.05) is 0 Å². The van der Waals surface area contributed by atoms with Crippen molar-refractivity contribution in [2.45, 2.75) is 52.7 Å². The average molecular weight is 206 g/mol. The quantitative estimate of drug-likeness (QED) is 0.708. The highest BCUT2D eigenvalue weighted by Crippen LogP contribution is 2.37. The highest BCUT2D eigenvalue weighted by Gasteiger charge is 2.35. The van der Waals surface area contributed by atoms with E-state index in [4.69, 9.17) is 4.74 Å². The van der Waals surface area contributed by atoms with Gasteiger partial charge in [0.25, 0.3) is 0 Å². The van der Waals surface area contributed by atoms with E-state index in [0.29, 0.717) is 12.5 Å². The summed E-state index contributed by atoms with van der Waals surface area (Å²) in [7, 11) is 0. The van der Waals surface area contributed by atoms with Crippen LogP contribution in [0.2, 0.25) is 0 Å². The first kappa shape index (κ1) is 10.6. The van der Waals surface area contributed by atoms with Crippen LogP contribution in [0.4, 0.5) is 0 Å². The van der Waals surface area contributed by atoms with Gasteiger partial charge in [-0.05, 0) is 26.7 Å². The Balaban J connectivity index is 2.63. The third-order valence-electron chi connectivity index (χ3n) is 2.85. The normalized spacial score (nSPS) is 18.3. The maximum Gasteiger partial charge on any atom is 0.125 e. The van der Waals surface area contributed by atoms with Gasteiger partial charge < -0.3 is 4.74 Å². The molecule has 0 amide bonds. The number of aryl methyl sites for hydroxylation is 1. The van der Waals surface area contributed by atoms with Crippen LogP contribution in [0.3, 0.4) is 0 Å². The van der Waals surface area contributed by atoms with Crippen LogP contribution in [-0.2, 0) is 16.9 Å². The fraction of sp³-hybridized carbons (Fsp3) is 0.667. The highest BCUT2D eigenvalue weighted by molar-refractivity contribution is 5.34. The van der Waals surface area contributed by atoms with Crippen LogP contribution in [0, 0.1) is 6.92 Å². The third kappa shape index (κ3) is 1.65. The molecule has 0 saturated heterocycles. The second kappa shape index (κ2) is 3.27. The van der Waals surface area contributed by atoms with E-state index in [1.807, 2.05) is 6.92 Å². The first-order chi connectivity index (χ1) is 6.92. The van der Waals surface area contributed by atoms with E-state index in [1.54, 1.807) is 0 Å². The van der Waals surface area contributed by atoms with Crippen molar-refractivity contribution in [3.8, 4) is 0 Å². The first-order valence-corrected chi connectivity index (χ1v) is 5.43. The maximum absolute atomic E-state index is 5.75. The zero-order chi connectivity index (χ0) is 11.2. The second-order valence-corrected chi connectivity index (χ2v) is 4.94. The number of ether oxygens (including phenoxy) is 1. The van der Waals surface area contributed by atoms with Crippen molar-refractivity contribution in [1.29, 1.82) is 0 Å². The lowest BCUT2D eigenvalue weighted by molar-refractivity contribution is -0.0102. The van der Waals surface area contributed by atoms with Gasteiger partial charge in [0.15, 0.2) is 0 Å². The molecule has 1 aromatic heterocycles. The van der Waals surface area contributed by atoms with E-state index < -0.39 is 0 Å². The number of rotatable bonds is 1. The minimum Gasteiger partial charge on any atom is -0.364 e. The number of aromatic nitrogens is 2. The molecular formula is C12H18N2O. The van der Waals surface area contributed by atoms with Gasteiger partial charge in [-0.1, -0.05) is 13.8 Å². The molecule has 0 spiro atoms. The molecule has 2 heterocycles. The molecule has 0 fully saturated rings. The maximum atomic E-state index is 5.75. The number of hydrogen-bond donors (Lipinski definition) is 0. The number of nitrogens with zero attached hydrogens (tertiary/aromatic N) is 2. The molecule has 15 heavy (non-hydrogen) atoms. The van der Waals surface area contributed by atoms with Crippen molar-refractivity contribution >= 4 is 0 Å². The van der Waals surface area contributed by atoms with E-state index in [2.05, 4.69) is 37.7 Å². The average Bonchev–Trinajstić information content (AvgIpc) is 2.41. The van der Waals surface area contributed by atoms with Crippen LogP contribution in [0.1, 0.15) is 56.4 Å². The van der Waals surface area contributed by atoms with Gasteiger partial charge in [0.05, 0.1) is 18.0 Å². The van der Waals surface area contributed by atoms with Crippen LogP contribution in [0.15, 0.2) is 0 Å². The lowest BCUT2D eigenvalue weighted by Crippen LogP contribution is -2.18. The van der Waals surface area contributed by atoms with E-state index in [1.165, 1.54) is 5.56 Å². The zero-order valence-corrected chi connectivity index (χ0v) is 10.1. The smallest absolute Gasteiger partial charge is 0.125 e. The lowest BCUT2D eigenvalue weighted by atomic mass is 9.97. The molecule has 3 nitrogen and oxygen atoms in total. The molecule has 0 aromatic carbocycles. The Labute approximate surface area is 90.9 Å². The molecule has 0 radical (unpaired) electrons. The predicted octanol–water partition coefficient (Wildman–Crippen LogP) is 2.67. The summed E-state index contributed by atoms with van der Waals surface area (Å²) in [5.74, 6) is 1.27. The van der Waals surface area contributed by atoms with Crippen LogP contribution in [0.25, 0.3) is 0 Å². The number of hydrogen-bond acceptors (Lipinski definition) is 3. The molecule has 1 aliphatic rings. The van der Waals surface area contributed by atoms with Crippen molar-refractivity contribution in [2.24, 2.45) is 0 Å². The standard InChI is InChI=1S/C12H18N2O/c1-7(2)10-9-6-15-12(4,5)11(9)14-8(3)13-10/h7H,6H2,1-5H3. The van der Waals surface area contributed by atoms with Crippen molar-refractivity contribution in [3.63, 3.8) is 0 Å². The van der Waals surface area contributed by atoms with Crippen LogP contribution in [0.5, 0.6) is 0 Å². The molecule has 0 saturated carbocycles. The minimum absolute atomic E-state index is 0.257. The summed E-state index contributed by atoms with van der Waals surface area (Å²) in [6.07, 6.45) is 0.